The Hall–Kier alpha value is -1.09. The highest BCUT2D eigenvalue weighted by molar-refractivity contribution is 5.19. The summed E-state index contributed by atoms with van der Waals surface area (Å²) < 4.78 is 5.88. The molecule has 16 heavy (non-hydrogen) atoms. The van der Waals surface area contributed by atoms with Crippen molar-refractivity contribution in [2.24, 2.45) is 5.92 Å². The van der Waals surface area contributed by atoms with E-state index in [4.69, 9.17) is 9.84 Å². The smallest absolute Gasteiger partial charge is 0.138 e. The summed E-state index contributed by atoms with van der Waals surface area (Å²) in [7, 11) is 0. The van der Waals surface area contributed by atoms with Crippen molar-refractivity contribution >= 4 is 0 Å². The quantitative estimate of drug-likeness (QED) is 0.852. The monoisotopic (exact) mass is 221 g/mol. The lowest BCUT2D eigenvalue weighted by atomic mass is 9.89. The number of aromatic nitrogens is 1. The summed E-state index contributed by atoms with van der Waals surface area (Å²) in [5, 5.41) is 8.88. The summed E-state index contributed by atoms with van der Waals surface area (Å²) in [6, 6.07) is 3.69. The fourth-order valence-electron chi connectivity index (χ4n) is 2.25. The van der Waals surface area contributed by atoms with Gasteiger partial charge in [-0.15, -0.1) is 0 Å². The van der Waals surface area contributed by atoms with E-state index in [1.165, 1.54) is 12.8 Å². The van der Waals surface area contributed by atoms with Gasteiger partial charge >= 0.3 is 0 Å². The Morgan fingerprint density at radius 3 is 2.94 bits per heavy atom. The molecule has 1 N–H and O–H groups in total. The van der Waals surface area contributed by atoms with Gasteiger partial charge in [0.2, 0.25) is 0 Å². The molecule has 0 aromatic carbocycles. The Balaban J connectivity index is 1.92. The van der Waals surface area contributed by atoms with Crippen molar-refractivity contribution in [1.82, 2.24) is 4.98 Å². The molecule has 1 aliphatic carbocycles. The molecule has 2 unspecified atom stereocenters. The lowest BCUT2D eigenvalue weighted by Gasteiger charge is -2.27. The van der Waals surface area contributed by atoms with Gasteiger partial charge in [0, 0.05) is 0 Å². The van der Waals surface area contributed by atoms with E-state index in [1.807, 2.05) is 12.1 Å². The summed E-state index contributed by atoms with van der Waals surface area (Å²) in [5.74, 6) is 1.58. The number of rotatable bonds is 3. The molecule has 2 rings (SSSR count). The van der Waals surface area contributed by atoms with Gasteiger partial charge < -0.3 is 9.84 Å². The lowest BCUT2D eigenvalue weighted by Crippen LogP contribution is -2.24. The molecule has 0 amide bonds. The minimum Gasteiger partial charge on any atom is -0.489 e. The van der Waals surface area contributed by atoms with E-state index in [0.29, 0.717) is 11.8 Å². The third-order valence-corrected chi connectivity index (χ3v) is 3.15. The van der Waals surface area contributed by atoms with Crippen LogP contribution in [-0.2, 0) is 6.61 Å². The minimum atomic E-state index is -0.0132. The van der Waals surface area contributed by atoms with Crippen LogP contribution in [0.1, 0.15) is 38.3 Å². The molecule has 2 atom stereocenters. The molecule has 0 aliphatic heterocycles. The number of hydrogen-bond acceptors (Lipinski definition) is 3. The maximum atomic E-state index is 8.88. The van der Waals surface area contributed by atoms with Gasteiger partial charge in [-0.3, -0.25) is 4.98 Å². The van der Waals surface area contributed by atoms with E-state index < -0.39 is 0 Å². The van der Waals surface area contributed by atoms with Gasteiger partial charge in [-0.25, -0.2) is 0 Å². The Labute approximate surface area is 96.5 Å². The highest BCUT2D eigenvalue weighted by Crippen LogP contribution is 2.27. The molecule has 0 radical (unpaired) electrons. The van der Waals surface area contributed by atoms with Crippen molar-refractivity contribution in [3.8, 4) is 5.75 Å². The van der Waals surface area contributed by atoms with E-state index >= 15 is 0 Å². The van der Waals surface area contributed by atoms with Crippen molar-refractivity contribution in [3.63, 3.8) is 0 Å². The molecule has 1 aliphatic rings. The fourth-order valence-corrected chi connectivity index (χ4v) is 2.25. The van der Waals surface area contributed by atoms with Crippen LogP contribution in [-0.4, -0.2) is 16.2 Å². The number of pyridine rings is 1. The highest BCUT2D eigenvalue weighted by atomic mass is 16.5. The predicted molar refractivity (Wildman–Crippen MR) is 62.2 cm³/mol. The van der Waals surface area contributed by atoms with Gasteiger partial charge in [0.25, 0.3) is 0 Å². The summed E-state index contributed by atoms with van der Waals surface area (Å²) in [6.45, 7) is 2.27. The Morgan fingerprint density at radius 2 is 2.31 bits per heavy atom. The van der Waals surface area contributed by atoms with E-state index in [9.17, 15) is 0 Å². The van der Waals surface area contributed by atoms with Crippen LogP contribution in [0.25, 0.3) is 0 Å². The van der Waals surface area contributed by atoms with Crippen molar-refractivity contribution in [1.29, 1.82) is 0 Å². The average Bonchev–Trinajstić information content (AvgIpc) is 2.30. The van der Waals surface area contributed by atoms with Crippen LogP contribution in [0.3, 0.4) is 0 Å². The number of aliphatic hydroxyl groups excluding tert-OH is 1. The van der Waals surface area contributed by atoms with E-state index in [1.54, 1.807) is 6.20 Å². The molecular weight excluding hydrogens is 202 g/mol. The van der Waals surface area contributed by atoms with Crippen molar-refractivity contribution in [2.75, 3.05) is 0 Å². The SMILES string of the molecule is CC1CCCC(Oc2ccc(CO)nc2)C1. The van der Waals surface area contributed by atoms with Crippen LogP contribution in [0.4, 0.5) is 0 Å². The molecule has 1 heterocycles. The first-order valence-electron chi connectivity index (χ1n) is 6.00. The molecule has 1 aromatic rings. The Bertz CT molecular complexity index is 323. The number of nitrogens with zero attached hydrogens (tertiary/aromatic N) is 1. The van der Waals surface area contributed by atoms with Crippen molar-refractivity contribution < 1.29 is 9.84 Å². The van der Waals surface area contributed by atoms with Crippen LogP contribution < -0.4 is 4.74 Å². The van der Waals surface area contributed by atoms with Crippen LogP contribution >= 0.6 is 0 Å². The predicted octanol–water partition coefficient (Wildman–Crippen LogP) is 2.53. The maximum absolute atomic E-state index is 8.88. The van der Waals surface area contributed by atoms with E-state index in [2.05, 4.69) is 11.9 Å². The molecule has 3 heteroatoms. The van der Waals surface area contributed by atoms with E-state index in [-0.39, 0.29) is 6.61 Å². The Morgan fingerprint density at radius 1 is 1.44 bits per heavy atom. The van der Waals surface area contributed by atoms with Crippen molar-refractivity contribution in [2.45, 2.75) is 45.3 Å². The zero-order chi connectivity index (χ0) is 11.4. The third-order valence-electron chi connectivity index (χ3n) is 3.15. The third kappa shape index (κ3) is 2.95. The molecule has 1 aromatic heterocycles. The topological polar surface area (TPSA) is 42.4 Å². The van der Waals surface area contributed by atoms with Crippen LogP contribution in [0, 0.1) is 5.92 Å². The first-order valence-corrected chi connectivity index (χ1v) is 6.00. The van der Waals surface area contributed by atoms with Gasteiger partial charge in [-0.1, -0.05) is 13.3 Å². The minimum absolute atomic E-state index is 0.0132. The largest absolute Gasteiger partial charge is 0.489 e. The first kappa shape index (κ1) is 11.4. The highest BCUT2D eigenvalue weighted by Gasteiger charge is 2.20. The molecule has 88 valence electrons. The molecule has 0 saturated heterocycles. The van der Waals surface area contributed by atoms with Gasteiger partial charge in [0.15, 0.2) is 0 Å². The number of aliphatic hydroxyl groups is 1. The molecule has 0 spiro atoms. The zero-order valence-corrected chi connectivity index (χ0v) is 9.72. The first-order chi connectivity index (χ1) is 7.78. The van der Waals surface area contributed by atoms with Gasteiger partial charge in [-0.05, 0) is 37.3 Å². The maximum Gasteiger partial charge on any atom is 0.138 e. The average molecular weight is 221 g/mol. The summed E-state index contributed by atoms with van der Waals surface area (Å²) in [6.07, 6.45) is 6.90. The molecule has 1 saturated carbocycles. The van der Waals surface area contributed by atoms with Crippen LogP contribution in [0.2, 0.25) is 0 Å². The summed E-state index contributed by atoms with van der Waals surface area (Å²) in [4.78, 5) is 4.11. The van der Waals surface area contributed by atoms with Crippen LogP contribution in [0.15, 0.2) is 18.3 Å². The number of ether oxygens (including phenoxy) is 1. The second-order valence-electron chi connectivity index (χ2n) is 4.65. The molecular formula is C13H19NO2. The van der Waals surface area contributed by atoms with E-state index in [0.717, 1.165) is 24.5 Å². The van der Waals surface area contributed by atoms with Gasteiger partial charge in [-0.2, -0.15) is 0 Å². The Kier molecular flexibility index (Phi) is 3.78. The second kappa shape index (κ2) is 5.30. The standard InChI is InChI=1S/C13H19NO2/c1-10-3-2-4-12(7-10)16-13-6-5-11(9-15)14-8-13/h5-6,8,10,12,15H,2-4,7,9H2,1H3. The summed E-state index contributed by atoms with van der Waals surface area (Å²) in [5.41, 5.74) is 0.685. The number of hydrogen-bond donors (Lipinski definition) is 1. The second-order valence-corrected chi connectivity index (χ2v) is 4.65. The lowest BCUT2D eigenvalue weighted by molar-refractivity contribution is 0.128. The normalized spacial score (nSPS) is 25.4. The zero-order valence-electron chi connectivity index (χ0n) is 9.72. The molecule has 1 fully saturated rings. The molecule has 3 nitrogen and oxygen atoms in total. The van der Waals surface area contributed by atoms with Crippen LogP contribution in [0.5, 0.6) is 5.75 Å². The van der Waals surface area contributed by atoms with Gasteiger partial charge in [0.1, 0.15) is 5.75 Å². The fraction of sp³-hybridized carbons (Fsp3) is 0.615. The summed E-state index contributed by atoms with van der Waals surface area (Å²) >= 11 is 0. The van der Waals surface area contributed by atoms with Crippen molar-refractivity contribution in [3.05, 3.63) is 24.0 Å². The van der Waals surface area contributed by atoms with Gasteiger partial charge in [0.05, 0.1) is 24.6 Å². The molecule has 0 bridgehead atoms.